The van der Waals surface area contributed by atoms with E-state index in [0.29, 0.717) is 5.92 Å². The van der Waals surface area contributed by atoms with Crippen LogP contribution >= 0.6 is 0 Å². The molecule has 7 heterocycles. The van der Waals surface area contributed by atoms with Gasteiger partial charge in [0.15, 0.2) is 24.6 Å². The lowest BCUT2D eigenvalue weighted by Gasteiger charge is -2.30. The molecule has 0 N–H and O–H groups in total. The van der Waals surface area contributed by atoms with E-state index in [-0.39, 0.29) is 16.9 Å². The molecular weight excluding hydrogens is 707 g/mol. The third-order valence-corrected chi connectivity index (χ3v) is 13.5. The normalized spacial score (nSPS) is 16.9. The van der Waals surface area contributed by atoms with Gasteiger partial charge in [0.1, 0.15) is 11.2 Å². The fraction of sp³-hybridized carbons (Fsp3) is 0.222. The molecular formula is C54H47N3O+2. The van der Waals surface area contributed by atoms with Crippen LogP contribution in [0, 0.1) is 0 Å². The Labute approximate surface area is 338 Å². The smallest absolute Gasteiger partial charge is 0.218 e. The first kappa shape index (κ1) is 33.8. The third kappa shape index (κ3) is 4.75. The van der Waals surface area contributed by atoms with Gasteiger partial charge in [-0.25, -0.2) is 0 Å². The number of hydrogen-bond acceptors (Lipinski definition) is 1. The zero-order valence-electron chi connectivity index (χ0n) is 34.1. The van der Waals surface area contributed by atoms with E-state index in [2.05, 4.69) is 195 Å². The summed E-state index contributed by atoms with van der Waals surface area (Å²) in [6.45, 7) is 14.0. The van der Waals surface area contributed by atoms with Gasteiger partial charge in [-0.3, -0.25) is 0 Å². The van der Waals surface area contributed by atoms with E-state index in [4.69, 9.17) is 4.42 Å². The van der Waals surface area contributed by atoms with E-state index in [1.54, 1.807) is 0 Å². The average Bonchev–Trinajstić information content (AvgIpc) is 3.85. The number of furan rings is 1. The second-order valence-electron chi connectivity index (χ2n) is 19.0. The maximum atomic E-state index is 6.56. The van der Waals surface area contributed by atoms with Gasteiger partial charge in [-0.2, -0.15) is 9.13 Å². The summed E-state index contributed by atoms with van der Waals surface area (Å²) in [5, 5.41) is 7.53. The Bertz CT molecular complexity index is 3380. The number of benzene rings is 5. The average molecular weight is 754 g/mol. The number of para-hydroxylation sites is 1. The predicted octanol–water partition coefficient (Wildman–Crippen LogP) is 13.0. The van der Waals surface area contributed by atoms with Crippen LogP contribution < -0.4 is 9.13 Å². The van der Waals surface area contributed by atoms with Crippen LogP contribution in [0.1, 0.15) is 82.2 Å². The second kappa shape index (κ2) is 11.7. The van der Waals surface area contributed by atoms with Gasteiger partial charge in [0.2, 0.25) is 11.4 Å². The fourth-order valence-electron chi connectivity index (χ4n) is 10.5. The predicted molar refractivity (Wildman–Crippen MR) is 239 cm³/mol. The van der Waals surface area contributed by atoms with Gasteiger partial charge in [-0.1, -0.05) is 77.9 Å². The van der Waals surface area contributed by atoms with Crippen LogP contribution in [0.15, 0.2) is 138 Å². The van der Waals surface area contributed by atoms with E-state index in [9.17, 15) is 0 Å². The van der Waals surface area contributed by atoms with Crippen molar-refractivity contribution in [3.05, 3.63) is 156 Å². The number of fused-ring (bicyclic) bond motifs is 18. The van der Waals surface area contributed by atoms with Crippen molar-refractivity contribution in [2.75, 3.05) is 0 Å². The molecule has 0 aliphatic carbocycles. The highest BCUT2D eigenvalue weighted by Gasteiger charge is 2.41. The summed E-state index contributed by atoms with van der Waals surface area (Å²) in [4.78, 5) is 0. The number of hydrogen-bond donors (Lipinski definition) is 0. The van der Waals surface area contributed by atoms with Gasteiger partial charge in [0, 0.05) is 74.6 Å². The molecule has 0 bridgehead atoms. The van der Waals surface area contributed by atoms with Crippen molar-refractivity contribution in [3.63, 3.8) is 0 Å². The van der Waals surface area contributed by atoms with Crippen molar-refractivity contribution in [2.45, 2.75) is 77.2 Å². The number of rotatable bonds is 0. The molecule has 5 aromatic carbocycles. The van der Waals surface area contributed by atoms with Gasteiger partial charge < -0.3 is 8.82 Å². The Hall–Kier alpha value is -6.26. The molecule has 0 saturated heterocycles. The summed E-state index contributed by atoms with van der Waals surface area (Å²) in [6.07, 6.45) is 11.2. The van der Waals surface area contributed by atoms with Gasteiger partial charge in [-0.05, 0) is 94.1 Å². The Kier molecular flexibility index (Phi) is 6.81. The molecule has 0 spiro atoms. The molecule has 12 rings (SSSR count). The van der Waals surface area contributed by atoms with E-state index < -0.39 is 0 Å². The number of pyridine rings is 2. The minimum absolute atomic E-state index is 0.00489. The van der Waals surface area contributed by atoms with E-state index in [1.165, 1.54) is 93.6 Å². The third-order valence-electron chi connectivity index (χ3n) is 13.5. The maximum Gasteiger partial charge on any atom is 0.218 e. The Morgan fingerprint density at radius 3 is 2.16 bits per heavy atom. The molecule has 2 atom stereocenters. The maximum absolute atomic E-state index is 6.56. The van der Waals surface area contributed by atoms with Crippen LogP contribution in [0.5, 0.6) is 0 Å². The largest absolute Gasteiger partial charge is 0.456 e. The Morgan fingerprint density at radius 2 is 1.33 bits per heavy atom. The first-order chi connectivity index (χ1) is 28.0. The van der Waals surface area contributed by atoms with Gasteiger partial charge in [0.05, 0.1) is 28.0 Å². The highest BCUT2D eigenvalue weighted by atomic mass is 16.3. The summed E-state index contributed by atoms with van der Waals surface area (Å²) in [6, 6.07) is 44.0. The lowest BCUT2D eigenvalue weighted by Crippen LogP contribution is -2.48. The van der Waals surface area contributed by atoms with Crippen molar-refractivity contribution in [2.24, 2.45) is 0 Å². The van der Waals surface area contributed by atoms with E-state index >= 15 is 0 Å². The van der Waals surface area contributed by atoms with E-state index in [1.807, 2.05) is 0 Å². The van der Waals surface area contributed by atoms with Gasteiger partial charge in [-0.15, -0.1) is 0 Å². The molecule has 5 aromatic heterocycles. The summed E-state index contributed by atoms with van der Waals surface area (Å²) in [5.41, 5.74) is 16.3. The number of allylic oxidation sites excluding steroid dienone is 1. The molecule has 10 aromatic rings. The van der Waals surface area contributed by atoms with Crippen LogP contribution in [0.25, 0.3) is 88.7 Å². The van der Waals surface area contributed by atoms with Crippen LogP contribution in [-0.4, -0.2) is 4.40 Å². The molecule has 4 heteroatoms. The molecule has 2 aliphatic rings. The molecule has 0 saturated carbocycles. The highest BCUT2D eigenvalue weighted by molar-refractivity contribution is 6.26. The second-order valence-corrected chi connectivity index (χ2v) is 19.0. The summed E-state index contributed by atoms with van der Waals surface area (Å²) in [7, 11) is 0. The topological polar surface area (TPSA) is 25.3 Å². The fourth-order valence-corrected chi connectivity index (χ4v) is 10.5. The minimum Gasteiger partial charge on any atom is -0.456 e. The highest BCUT2D eigenvalue weighted by Crippen LogP contribution is 2.47. The van der Waals surface area contributed by atoms with Crippen molar-refractivity contribution in [1.29, 1.82) is 0 Å². The zero-order valence-corrected chi connectivity index (χ0v) is 34.1. The Morgan fingerprint density at radius 1 is 0.586 bits per heavy atom. The van der Waals surface area contributed by atoms with Crippen molar-refractivity contribution in [1.82, 2.24) is 4.40 Å². The summed E-state index contributed by atoms with van der Waals surface area (Å²) >= 11 is 0. The van der Waals surface area contributed by atoms with Crippen LogP contribution in [0.2, 0.25) is 0 Å². The number of aromatic nitrogens is 3. The standard InChI is InChI=1S/C54H47N3O/c1-53(2,3)33-20-23-55-21-13-17-37-35-14-7-8-15-36(35)45-18-11-12-22-56(45)47(37)24-32-25-48-40(29-39(32)46(55)28-33)43-26-34(54(4,5)6)27-44-41-30-42-38-16-9-10-19-50(38)58-51(42)31-49(41)57(48)52(43)44/h7-16,18-23,25-31,37,47H,17,24H2,1-6H3/q+2. The van der Waals surface area contributed by atoms with Crippen LogP contribution in [0.3, 0.4) is 0 Å². The van der Waals surface area contributed by atoms with Crippen LogP contribution in [0.4, 0.5) is 0 Å². The van der Waals surface area contributed by atoms with Crippen molar-refractivity contribution in [3.8, 4) is 22.5 Å². The molecule has 0 amide bonds. The monoisotopic (exact) mass is 753 g/mol. The molecule has 2 unspecified atom stereocenters. The van der Waals surface area contributed by atoms with Crippen molar-refractivity contribution >= 4 is 66.2 Å². The van der Waals surface area contributed by atoms with Gasteiger partial charge >= 0.3 is 0 Å². The molecule has 282 valence electrons. The first-order valence-electron chi connectivity index (χ1n) is 20.9. The van der Waals surface area contributed by atoms with E-state index in [0.717, 1.165) is 24.0 Å². The van der Waals surface area contributed by atoms with Crippen molar-refractivity contribution < 1.29 is 13.6 Å². The summed E-state index contributed by atoms with van der Waals surface area (Å²) < 4.78 is 14.1. The zero-order chi connectivity index (χ0) is 39.2. The molecule has 58 heavy (non-hydrogen) atoms. The SMILES string of the molecule is CC(C)(C)c1cc[n+]2c(c1)-c1cc3c4cc(C(C)(C)C)cc5c6cc7c(cc6n(c3cc1CC1C(CC=C2)c2ccccc2-c2cccc[n+]21)c45)oc1ccccc17. The molecule has 0 fully saturated rings. The quantitative estimate of drug-likeness (QED) is 0.142. The molecule has 4 nitrogen and oxygen atoms in total. The summed E-state index contributed by atoms with van der Waals surface area (Å²) in [5.74, 6) is 0.316. The van der Waals surface area contributed by atoms with Gasteiger partial charge in [0.25, 0.3) is 0 Å². The molecule has 0 radical (unpaired) electrons. The Balaban J connectivity index is 1.21. The lowest BCUT2D eigenvalue weighted by molar-refractivity contribution is -0.718. The van der Waals surface area contributed by atoms with Crippen LogP contribution in [-0.2, 0) is 17.3 Å². The molecule has 2 aliphatic heterocycles. The minimum atomic E-state index is -0.0279. The first-order valence-corrected chi connectivity index (χ1v) is 20.9. The lowest BCUT2D eigenvalue weighted by atomic mass is 9.77. The number of nitrogens with zero attached hydrogens (tertiary/aromatic N) is 3.